The molecule has 38 heavy (non-hydrogen) atoms. The van der Waals surface area contributed by atoms with Gasteiger partial charge >= 0.3 is 19.3 Å². The lowest BCUT2D eigenvalue weighted by molar-refractivity contribution is -0.151. The summed E-state index contributed by atoms with van der Waals surface area (Å²) in [5, 5.41) is 21.7. The van der Waals surface area contributed by atoms with Crippen molar-refractivity contribution in [1.29, 1.82) is 0 Å². The van der Waals surface area contributed by atoms with Crippen LogP contribution in [0.15, 0.2) is 52.2 Å². The number of nitrogens with one attached hydrogen (secondary N) is 1. The third-order valence-corrected chi connectivity index (χ3v) is 8.02. The molecule has 12 nitrogen and oxygen atoms in total. The molecule has 1 aliphatic rings. The molecule has 1 saturated heterocycles. The number of benzene rings is 1. The van der Waals surface area contributed by atoms with Gasteiger partial charge in [-0.1, -0.05) is 25.1 Å². The number of hydrogen-bond acceptors (Lipinski definition) is 10. The Hall–Kier alpha value is -2.83. The minimum Gasteiger partial charge on any atom is -0.463 e. The normalized spacial score (nSPS) is 26.5. The van der Waals surface area contributed by atoms with Crippen molar-refractivity contribution in [2.45, 2.75) is 63.9 Å². The summed E-state index contributed by atoms with van der Waals surface area (Å²) in [7, 11) is -4.17. The average molecular weight is 558 g/mol. The first kappa shape index (κ1) is 29.7. The first-order chi connectivity index (χ1) is 17.8. The van der Waals surface area contributed by atoms with E-state index in [1.807, 2.05) is 4.98 Å². The molecule has 2 aromatic rings. The van der Waals surface area contributed by atoms with Crippen LogP contribution in [0.3, 0.4) is 0 Å². The number of aromatic amines is 1. The molecular formula is C24H32FN2O10P. The van der Waals surface area contributed by atoms with E-state index in [1.165, 1.54) is 26.0 Å². The quantitative estimate of drug-likeness (QED) is 0.273. The zero-order valence-corrected chi connectivity index (χ0v) is 22.2. The Balaban J connectivity index is 1.89. The molecule has 1 aliphatic heterocycles. The second kappa shape index (κ2) is 11.9. The fourth-order valence-corrected chi connectivity index (χ4v) is 6.11. The Morgan fingerprint density at radius 2 is 1.87 bits per heavy atom. The second-order valence-corrected chi connectivity index (χ2v) is 11.4. The van der Waals surface area contributed by atoms with Gasteiger partial charge in [0.2, 0.25) is 0 Å². The number of alkyl halides is 1. The highest BCUT2D eigenvalue weighted by Gasteiger charge is 2.59. The molecule has 1 fully saturated rings. The molecule has 0 spiro atoms. The Bertz CT molecular complexity index is 1270. The van der Waals surface area contributed by atoms with Gasteiger partial charge in [0.1, 0.15) is 24.6 Å². The number of carbonyl (C=O) groups excluding carboxylic acids is 1. The number of aliphatic hydroxyl groups excluding tert-OH is 1. The lowest BCUT2D eigenvalue weighted by Crippen LogP contribution is -2.51. The van der Waals surface area contributed by atoms with E-state index in [0.29, 0.717) is 0 Å². The number of ether oxygens (including phenoxy) is 2. The number of aliphatic hydroxyl groups is 2. The van der Waals surface area contributed by atoms with Crippen molar-refractivity contribution < 1.29 is 42.5 Å². The summed E-state index contributed by atoms with van der Waals surface area (Å²) in [4.78, 5) is 38.1. The van der Waals surface area contributed by atoms with E-state index in [0.717, 1.165) is 16.8 Å². The number of H-pyrrole nitrogens is 1. The van der Waals surface area contributed by atoms with Crippen LogP contribution in [0.2, 0.25) is 0 Å². The number of nitrogens with zero attached hydrogens (tertiary/aromatic N) is 1. The van der Waals surface area contributed by atoms with Crippen LogP contribution in [0.1, 0.15) is 33.9 Å². The Morgan fingerprint density at radius 1 is 1.21 bits per heavy atom. The summed E-state index contributed by atoms with van der Waals surface area (Å²) in [5.41, 5.74) is -4.35. The van der Waals surface area contributed by atoms with Crippen LogP contribution in [0.5, 0.6) is 5.75 Å². The number of aromatic nitrogens is 2. The fraction of sp³-hybridized carbons (Fsp3) is 0.542. The molecule has 1 aromatic carbocycles. The molecule has 210 valence electrons. The highest BCUT2D eigenvalue weighted by Crippen LogP contribution is 2.53. The van der Waals surface area contributed by atoms with Crippen LogP contribution in [0, 0.1) is 5.92 Å². The van der Waals surface area contributed by atoms with E-state index >= 15 is 0 Å². The summed E-state index contributed by atoms with van der Waals surface area (Å²) >= 11 is 0. The van der Waals surface area contributed by atoms with Crippen molar-refractivity contribution in [3.05, 3.63) is 63.4 Å². The van der Waals surface area contributed by atoms with Gasteiger partial charge in [-0.05, 0) is 32.9 Å². The number of halogens is 1. The maximum Gasteiger partial charge on any atom is 0.380 e. The average Bonchev–Trinajstić information content (AvgIpc) is 3.10. The highest BCUT2D eigenvalue weighted by atomic mass is 31.2. The summed E-state index contributed by atoms with van der Waals surface area (Å²) in [6, 6.07) is 9.00. The van der Waals surface area contributed by atoms with Crippen LogP contribution in [0.4, 0.5) is 4.39 Å². The van der Waals surface area contributed by atoms with Gasteiger partial charge in [-0.25, -0.2) is 13.8 Å². The van der Waals surface area contributed by atoms with Crippen molar-refractivity contribution in [2.75, 3.05) is 12.8 Å². The van der Waals surface area contributed by atoms with E-state index < -0.39 is 79.8 Å². The first-order valence-electron chi connectivity index (χ1n) is 12.0. The highest BCUT2D eigenvalue weighted by molar-refractivity contribution is 7.54. The maximum atomic E-state index is 14.1. The number of carbonyl (C=O) groups is 1. The molecule has 1 unspecified atom stereocenters. The van der Waals surface area contributed by atoms with Gasteiger partial charge in [-0.2, -0.15) is 0 Å². The SMILES string of the molecule is CC(C)OC(=O)[C@H](C)C[P@](=O)(Oc1ccccc1)O[C@H](C)[C@H]1O[C@@H](n2ccc(=O)[nH]c2=O)C(O)(CF)[C@H]1O. The smallest absolute Gasteiger partial charge is 0.380 e. The standard InChI is InChI=1S/C24H32FN2O10P/c1-14(2)34-21(30)15(3)12-38(33,37-17-8-6-5-7-9-17)36-16(4)19-20(29)24(32,13-25)22(35-19)27-11-10-18(28)26-23(27)31/h5-11,14-16,19-20,22,29,32H,12-13H2,1-4H3,(H,26,28,31)/t15-,16-,19-,20+,22-,24?,38-/m1/s1. The summed E-state index contributed by atoms with van der Waals surface area (Å²) in [6.45, 7) is 4.64. The van der Waals surface area contributed by atoms with Crippen LogP contribution in [-0.4, -0.2) is 68.6 Å². The van der Waals surface area contributed by atoms with Crippen LogP contribution in [0.25, 0.3) is 0 Å². The molecule has 0 aliphatic carbocycles. The molecule has 2 heterocycles. The maximum absolute atomic E-state index is 14.1. The minimum absolute atomic E-state index is 0.179. The number of hydrogen-bond donors (Lipinski definition) is 3. The van der Waals surface area contributed by atoms with Gasteiger partial charge in [0, 0.05) is 12.3 Å². The molecule has 7 atom stereocenters. The Kier molecular flexibility index (Phi) is 9.32. The molecule has 0 saturated carbocycles. The van der Waals surface area contributed by atoms with E-state index in [4.69, 9.17) is 18.5 Å². The number of esters is 1. The molecule has 1 aromatic heterocycles. The summed E-state index contributed by atoms with van der Waals surface area (Å²) in [5.74, 6) is -1.36. The van der Waals surface area contributed by atoms with E-state index in [-0.39, 0.29) is 5.75 Å². The lowest BCUT2D eigenvalue weighted by Gasteiger charge is -2.30. The predicted molar refractivity (Wildman–Crippen MR) is 133 cm³/mol. The van der Waals surface area contributed by atoms with Gasteiger partial charge in [0.05, 0.1) is 24.3 Å². The van der Waals surface area contributed by atoms with Crippen molar-refractivity contribution in [3.63, 3.8) is 0 Å². The summed E-state index contributed by atoms with van der Waals surface area (Å²) in [6.07, 6.45) is -6.32. The minimum atomic E-state index is -4.17. The van der Waals surface area contributed by atoms with Gasteiger partial charge in [0.15, 0.2) is 11.8 Å². The Labute approximate surface area is 217 Å². The van der Waals surface area contributed by atoms with Crippen molar-refractivity contribution in [1.82, 2.24) is 9.55 Å². The predicted octanol–water partition coefficient (Wildman–Crippen LogP) is 1.76. The van der Waals surface area contributed by atoms with Crippen molar-refractivity contribution in [2.24, 2.45) is 5.92 Å². The molecule has 3 N–H and O–H groups in total. The molecule has 0 radical (unpaired) electrons. The first-order valence-corrected chi connectivity index (χ1v) is 13.7. The van der Waals surface area contributed by atoms with Crippen LogP contribution >= 0.6 is 7.60 Å². The van der Waals surface area contributed by atoms with E-state index in [9.17, 15) is 33.6 Å². The fourth-order valence-electron chi connectivity index (χ4n) is 4.02. The van der Waals surface area contributed by atoms with Crippen LogP contribution < -0.4 is 15.8 Å². The zero-order chi connectivity index (χ0) is 28.3. The molecular weight excluding hydrogens is 526 g/mol. The third kappa shape index (κ3) is 6.59. The van der Waals surface area contributed by atoms with E-state index in [2.05, 4.69) is 0 Å². The topological polar surface area (TPSA) is 166 Å². The molecule has 0 amide bonds. The largest absolute Gasteiger partial charge is 0.463 e. The van der Waals surface area contributed by atoms with Gasteiger partial charge < -0.3 is 24.2 Å². The summed E-state index contributed by atoms with van der Waals surface area (Å²) < 4.78 is 51.0. The van der Waals surface area contributed by atoms with Gasteiger partial charge in [-0.15, -0.1) is 0 Å². The monoisotopic (exact) mass is 558 g/mol. The molecule has 14 heteroatoms. The second-order valence-electron chi connectivity index (χ2n) is 9.44. The van der Waals surface area contributed by atoms with Crippen LogP contribution in [-0.2, 0) is 23.4 Å². The Morgan fingerprint density at radius 3 is 2.45 bits per heavy atom. The number of rotatable bonds is 11. The lowest BCUT2D eigenvalue weighted by atomic mass is 9.93. The number of para-hydroxylation sites is 1. The molecule has 0 bridgehead atoms. The van der Waals surface area contributed by atoms with Gasteiger partial charge in [0.25, 0.3) is 5.56 Å². The van der Waals surface area contributed by atoms with Crippen molar-refractivity contribution >= 4 is 13.6 Å². The van der Waals surface area contributed by atoms with Crippen molar-refractivity contribution in [3.8, 4) is 5.75 Å². The van der Waals surface area contributed by atoms with E-state index in [1.54, 1.807) is 32.0 Å². The molecule has 3 rings (SSSR count). The third-order valence-electron chi connectivity index (χ3n) is 5.88. The van der Waals surface area contributed by atoms with Gasteiger partial charge in [-0.3, -0.25) is 23.7 Å². The zero-order valence-electron chi connectivity index (χ0n) is 21.4.